The van der Waals surface area contributed by atoms with Gasteiger partial charge in [0.15, 0.2) is 5.75 Å². The molecule has 0 saturated heterocycles. The molecule has 140 valence electrons. The van der Waals surface area contributed by atoms with Crippen LogP contribution in [-0.4, -0.2) is 36.3 Å². The molecule has 0 aliphatic rings. The van der Waals surface area contributed by atoms with Crippen molar-refractivity contribution in [1.29, 1.82) is 0 Å². The van der Waals surface area contributed by atoms with Crippen molar-refractivity contribution in [1.82, 2.24) is 5.32 Å². The molecule has 0 fully saturated rings. The van der Waals surface area contributed by atoms with E-state index in [4.69, 9.17) is 4.74 Å². The number of halogens is 1. The van der Waals surface area contributed by atoms with Crippen LogP contribution in [0.2, 0.25) is 0 Å². The zero-order valence-electron chi connectivity index (χ0n) is 14.7. The molecule has 0 saturated carbocycles. The number of methoxy groups -OCH3 is 1. The quantitative estimate of drug-likeness (QED) is 0.368. The zero-order chi connectivity index (χ0) is 19.1. The normalized spacial score (nSPS) is 13.1. The second-order valence-electron chi connectivity index (χ2n) is 6.04. The molecular formula is C19H23BrN2O4. The lowest BCUT2D eigenvalue weighted by Gasteiger charge is -2.19. The fourth-order valence-electron chi connectivity index (χ4n) is 2.60. The SMILES string of the molecule is COc1ccc(C[C@@H](C)NC[C@H](O)c2cc(Br)c(O)c(NC=O)c2)cc1. The molecule has 6 nitrogen and oxygen atoms in total. The van der Waals surface area contributed by atoms with E-state index >= 15 is 0 Å². The second kappa shape index (κ2) is 9.56. The van der Waals surface area contributed by atoms with Gasteiger partial charge in [-0.2, -0.15) is 0 Å². The molecule has 7 heteroatoms. The fourth-order valence-corrected chi connectivity index (χ4v) is 3.08. The van der Waals surface area contributed by atoms with Gasteiger partial charge in [0.25, 0.3) is 0 Å². The van der Waals surface area contributed by atoms with E-state index in [0.29, 0.717) is 23.0 Å². The Balaban J connectivity index is 1.94. The van der Waals surface area contributed by atoms with E-state index < -0.39 is 6.10 Å². The third-order valence-electron chi connectivity index (χ3n) is 4.05. The Morgan fingerprint density at radius 3 is 2.58 bits per heavy atom. The van der Waals surface area contributed by atoms with E-state index in [1.807, 2.05) is 31.2 Å². The lowest BCUT2D eigenvalue weighted by Crippen LogP contribution is -2.32. The van der Waals surface area contributed by atoms with Crippen LogP contribution in [0.5, 0.6) is 11.5 Å². The van der Waals surface area contributed by atoms with Gasteiger partial charge in [0.2, 0.25) is 6.41 Å². The number of benzene rings is 2. The summed E-state index contributed by atoms with van der Waals surface area (Å²) in [6, 6.07) is 11.2. The molecule has 4 N–H and O–H groups in total. The zero-order valence-corrected chi connectivity index (χ0v) is 16.3. The number of hydrogen-bond acceptors (Lipinski definition) is 5. The van der Waals surface area contributed by atoms with Crippen LogP contribution in [0, 0.1) is 0 Å². The maximum atomic E-state index is 10.6. The van der Waals surface area contributed by atoms with Crippen molar-refractivity contribution in [2.24, 2.45) is 0 Å². The number of carbonyl (C=O) groups excluding carboxylic acids is 1. The molecular weight excluding hydrogens is 400 g/mol. The second-order valence-corrected chi connectivity index (χ2v) is 6.89. The van der Waals surface area contributed by atoms with Crippen molar-refractivity contribution in [2.75, 3.05) is 19.0 Å². The highest BCUT2D eigenvalue weighted by atomic mass is 79.9. The van der Waals surface area contributed by atoms with Crippen LogP contribution < -0.4 is 15.4 Å². The Morgan fingerprint density at radius 2 is 1.96 bits per heavy atom. The number of phenols is 1. The predicted octanol–water partition coefficient (Wildman–Crippen LogP) is 2.99. The average Bonchev–Trinajstić information content (AvgIpc) is 2.64. The van der Waals surface area contributed by atoms with Crippen LogP contribution in [0.4, 0.5) is 5.69 Å². The molecule has 0 aliphatic heterocycles. The molecule has 2 atom stereocenters. The number of nitrogens with one attached hydrogen (secondary N) is 2. The van der Waals surface area contributed by atoms with Crippen LogP contribution in [0.15, 0.2) is 40.9 Å². The summed E-state index contributed by atoms with van der Waals surface area (Å²) >= 11 is 3.22. The lowest BCUT2D eigenvalue weighted by molar-refractivity contribution is -0.105. The number of aliphatic hydroxyl groups is 1. The molecule has 1 amide bonds. The monoisotopic (exact) mass is 422 g/mol. The van der Waals surface area contributed by atoms with Gasteiger partial charge < -0.3 is 25.6 Å². The van der Waals surface area contributed by atoms with Gasteiger partial charge in [-0.25, -0.2) is 0 Å². The molecule has 26 heavy (non-hydrogen) atoms. The molecule has 2 rings (SSSR count). The maximum Gasteiger partial charge on any atom is 0.211 e. The summed E-state index contributed by atoms with van der Waals surface area (Å²) in [5.41, 5.74) is 2.00. The topological polar surface area (TPSA) is 90.8 Å². The number of amides is 1. The summed E-state index contributed by atoms with van der Waals surface area (Å²) < 4.78 is 5.56. The first-order valence-electron chi connectivity index (χ1n) is 8.21. The van der Waals surface area contributed by atoms with Crippen LogP contribution in [-0.2, 0) is 11.2 Å². The van der Waals surface area contributed by atoms with Gasteiger partial charge in [-0.15, -0.1) is 0 Å². The number of rotatable bonds is 9. The van der Waals surface area contributed by atoms with Crippen LogP contribution in [0.1, 0.15) is 24.2 Å². The summed E-state index contributed by atoms with van der Waals surface area (Å²) in [6.07, 6.45) is 0.512. The Bertz CT molecular complexity index is 737. The summed E-state index contributed by atoms with van der Waals surface area (Å²) in [5, 5.41) is 26.0. The van der Waals surface area contributed by atoms with Crippen LogP contribution >= 0.6 is 15.9 Å². The third-order valence-corrected chi connectivity index (χ3v) is 4.65. The molecule has 2 aromatic carbocycles. The molecule has 0 heterocycles. The van der Waals surface area contributed by atoms with Crippen molar-refractivity contribution >= 4 is 28.0 Å². The van der Waals surface area contributed by atoms with E-state index in [1.54, 1.807) is 19.2 Å². The minimum absolute atomic E-state index is 0.0751. The summed E-state index contributed by atoms with van der Waals surface area (Å²) in [7, 11) is 1.64. The average molecular weight is 423 g/mol. The first-order chi connectivity index (χ1) is 12.4. The highest BCUT2D eigenvalue weighted by Gasteiger charge is 2.15. The summed E-state index contributed by atoms with van der Waals surface area (Å²) in [6.45, 7) is 2.39. The van der Waals surface area contributed by atoms with Crippen molar-refractivity contribution in [3.63, 3.8) is 0 Å². The Kier molecular flexibility index (Phi) is 7.44. The molecule has 0 aliphatic carbocycles. The summed E-state index contributed by atoms with van der Waals surface area (Å²) in [5.74, 6) is 0.747. The van der Waals surface area contributed by atoms with Crippen molar-refractivity contribution in [2.45, 2.75) is 25.5 Å². The minimum Gasteiger partial charge on any atom is -0.505 e. The molecule has 0 bridgehead atoms. The molecule has 2 aromatic rings. The Morgan fingerprint density at radius 1 is 1.27 bits per heavy atom. The van der Waals surface area contributed by atoms with Crippen LogP contribution in [0.3, 0.4) is 0 Å². The number of carbonyl (C=O) groups is 1. The largest absolute Gasteiger partial charge is 0.505 e. The fraction of sp³-hybridized carbons (Fsp3) is 0.316. The minimum atomic E-state index is -0.780. The number of ether oxygens (including phenoxy) is 1. The van der Waals surface area contributed by atoms with E-state index in [1.165, 1.54) is 5.56 Å². The summed E-state index contributed by atoms with van der Waals surface area (Å²) in [4.78, 5) is 10.6. The van der Waals surface area contributed by atoms with Gasteiger partial charge in [-0.3, -0.25) is 4.79 Å². The number of anilines is 1. The van der Waals surface area contributed by atoms with Crippen LogP contribution in [0.25, 0.3) is 0 Å². The number of hydrogen-bond donors (Lipinski definition) is 4. The molecule has 0 spiro atoms. The smallest absolute Gasteiger partial charge is 0.211 e. The maximum absolute atomic E-state index is 10.6. The molecule has 0 radical (unpaired) electrons. The van der Waals surface area contributed by atoms with Crippen molar-refractivity contribution in [3.05, 3.63) is 52.0 Å². The highest BCUT2D eigenvalue weighted by Crippen LogP contribution is 2.35. The lowest BCUT2D eigenvalue weighted by atomic mass is 10.1. The van der Waals surface area contributed by atoms with Gasteiger partial charge in [-0.05, 0) is 64.7 Å². The van der Waals surface area contributed by atoms with Gasteiger partial charge in [-0.1, -0.05) is 12.1 Å². The highest BCUT2D eigenvalue weighted by molar-refractivity contribution is 9.10. The molecule has 0 unspecified atom stereocenters. The standard InChI is InChI=1S/C19H23BrN2O4/c1-12(7-13-3-5-15(26-2)6-4-13)21-10-18(24)14-8-16(20)19(25)17(9-14)22-11-23/h3-6,8-9,11-12,18,21,24-25H,7,10H2,1-2H3,(H,22,23)/t12-,18+/m1/s1. The predicted molar refractivity (Wildman–Crippen MR) is 105 cm³/mol. The molecule has 0 aromatic heterocycles. The third kappa shape index (κ3) is 5.45. The van der Waals surface area contributed by atoms with Gasteiger partial charge in [0.1, 0.15) is 5.75 Å². The van der Waals surface area contributed by atoms with Crippen molar-refractivity contribution in [3.8, 4) is 11.5 Å². The van der Waals surface area contributed by atoms with E-state index in [-0.39, 0.29) is 17.5 Å². The van der Waals surface area contributed by atoms with E-state index in [0.717, 1.165) is 12.2 Å². The van der Waals surface area contributed by atoms with Crippen molar-refractivity contribution < 1.29 is 19.7 Å². The van der Waals surface area contributed by atoms with Gasteiger partial charge in [0.05, 0.1) is 23.4 Å². The van der Waals surface area contributed by atoms with Gasteiger partial charge in [0, 0.05) is 12.6 Å². The number of phenolic OH excluding ortho intramolecular Hbond substituents is 1. The number of aromatic hydroxyl groups is 1. The first kappa shape index (κ1) is 20.2. The van der Waals surface area contributed by atoms with E-state index in [9.17, 15) is 15.0 Å². The first-order valence-corrected chi connectivity index (χ1v) is 9.00. The van der Waals surface area contributed by atoms with E-state index in [2.05, 4.69) is 26.6 Å². The van der Waals surface area contributed by atoms with Gasteiger partial charge >= 0.3 is 0 Å². The Labute approximate surface area is 161 Å². The Hall–Kier alpha value is -2.09. The number of aliphatic hydroxyl groups excluding tert-OH is 1.